The predicted molar refractivity (Wildman–Crippen MR) is 69.0 cm³/mol. The molecule has 0 amide bonds. The monoisotopic (exact) mass is 281 g/mol. The minimum atomic E-state index is -2.98. The lowest BCUT2D eigenvalue weighted by Gasteiger charge is -2.23. The quantitative estimate of drug-likeness (QED) is 0.887. The summed E-state index contributed by atoms with van der Waals surface area (Å²) in [6.45, 7) is 1.53. The Morgan fingerprint density at radius 2 is 2.00 bits per heavy atom. The lowest BCUT2D eigenvalue weighted by molar-refractivity contribution is 0.0170. The van der Waals surface area contributed by atoms with Gasteiger partial charge in [0.05, 0.1) is 5.69 Å². The molecule has 0 bridgehead atoms. The molecule has 0 atom stereocenters. The van der Waals surface area contributed by atoms with Crippen molar-refractivity contribution in [2.75, 3.05) is 18.9 Å². The van der Waals surface area contributed by atoms with E-state index in [0.29, 0.717) is 36.0 Å². The number of halogens is 2. The molecule has 1 aromatic heterocycles. The molecular formula is C13H13F2N3O2. The van der Waals surface area contributed by atoms with Crippen LogP contribution in [0.1, 0.15) is 12.5 Å². The van der Waals surface area contributed by atoms with E-state index in [1.54, 1.807) is 6.07 Å². The fourth-order valence-corrected chi connectivity index (χ4v) is 2.08. The highest BCUT2D eigenvalue weighted by atomic mass is 19.3. The van der Waals surface area contributed by atoms with Gasteiger partial charge in [0.25, 0.3) is 5.92 Å². The summed E-state index contributed by atoms with van der Waals surface area (Å²) in [5.74, 6) is -1.97. The van der Waals surface area contributed by atoms with Crippen LogP contribution in [0.2, 0.25) is 0 Å². The van der Waals surface area contributed by atoms with Crippen LogP contribution in [0.15, 0.2) is 18.2 Å². The van der Waals surface area contributed by atoms with Crippen molar-refractivity contribution in [3.63, 3.8) is 0 Å². The van der Waals surface area contributed by atoms with Crippen LogP contribution in [0, 0.1) is 0 Å². The van der Waals surface area contributed by atoms with E-state index in [1.807, 2.05) is 0 Å². The van der Waals surface area contributed by atoms with Crippen LogP contribution in [0.5, 0.6) is 11.5 Å². The molecule has 3 rings (SSSR count). The molecule has 0 saturated carbocycles. The zero-order chi connectivity index (χ0) is 14.3. The number of aromatic amines is 1. The first-order chi connectivity index (χ1) is 9.45. The zero-order valence-corrected chi connectivity index (χ0v) is 10.7. The van der Waals surface area contributed by atoms with Gasteiger partial charge in [-0.1, -0.05) is 0 Å². The molecule has 2 heterocycles. The number of H-pyrrole nitrogens is 1. The summed E-state index contributed by atoms with van der Waals surface area (Å²) in [7, 11) is 0. The van der Waals surface area contributed by atoms with Crippen molar-refractivity contribution in [2.24, 2.45) is 0 Å². The Morgan fingerprint density at radius 3 is 2.65 bits per heavy atom. The largest absolute Gasteiger partial charge is 0.486 e. The van der Waals surface area contributed by atoms with Gasteiger partial charge in [-0.05, 0) is 12.1 Å². The molecule has 5 nitrogen and oxygen atoms in total. The van der Waals surface area contributed by atoms with E-state index < -0.39 is 5.92 Å². The summed E-state index contributed by atoms with van der Waals surface area (Å²) in [6, 6.07) is 4.23. The van der Waals surface area contributed by atoms with E-state index in [4.69, 9.17) is 15.2 Å². The van der Waals surface area contributed by atoms with Gasteiger partial charge in [-0.15, -0.1) is 0 Å². The van der Waals surface area contributed by atoms with Crippen LogP contribution < -0.4 is 15.2 Å². The van der Waals surface area contributed by atoms with Crippen molar-refractivity contribution < 1.29 is 18.3 Å². The Bertz CT molecular complexity index is 650. The Hall–Kier alpha value is -2.31. The number of nitrogens with zero attached hydrogens (tertiary/aromatic N) is 1. The normalized spacial score (nSPS) is 14.3. The highest BCUT2D eigenvalue weighted by Gasteiger charge is 2.29. The van der Waals surface area contributed by atoms with Gasteiger partial charge < -0.3 is 15.2 Å². The summed E-state index contributed by atoms with van der Waals surface area (Å²) in [5, 5.41) is 6.50. The first-order valence-corrected chi connectivity index (χ1v) is 6.08. The van der Waals surface area contributed by atoms with E-state index in [1.165, 1.54) is 12.1 Å². The average Bonchev–Trinajstić information content (AvgIpc) is 2.83. The van der Waals surface area contributed by atoms with Gasteiger partial charge in [0.15, 0.2) is 11.5 Å². The summed E-state index contributed by atoms with van der Waals surface area (Å²) in [5.41, 5.74) is 6.38. The third-order valence-electron chi connectivity index (χ3n) is 3.04. The average molecular weight is 281 g/mol. The number of hydrogen-bond donors (Lipinski definition) is 2. The summed E-state index contributed by atoms with van der Waals surface area (Å²) in [6.07, 6.45) is 0. The predicted octanol–water partition coefficient (Wildman–Crippen LogP) is 2.54. The molecule has 1 aromatic carbocycles. The van der Waals surface area contributed by atoms with Crippen molar-refractivity contribution in [3.8, 4) is 22.8 Å². The Morgan fingerprint density at radius 1 is 1.25 bits per heavy atom. The lowest BCUT2D eigenvalue weighted by Crippen LogP contribution is -2.17. The summed E-state index contributed by atoms with van der Waals surface area (Å²) >= 11 is 0. The van der Waals surface area contributed by atoms with Gasteiger partial charge >= 0.3 is 0 Å². The highest BCUT2D eigenvalue weighted by molar-refractivity contribution is 5.74. The van der Waals surface area contributed by atoms with Crippen LogP contribution in [0.3, 0.4) is 0 Å². The van der Waals surface area contributed by atoms with Crippen LogP contribution >= 0.6 is 0 Å². The third-order valence-corrected chi connectivity index (χ3v) is 3.04. The lowest BCUT2D eigenvalue weighted by atomic mass is 10.0. The number of benzene rings is 1. The molecule has 0 aliphatic carbocycles. The van der Waals surface area contributed by atoms with Crippen LogP contribution in [-0.4, -0.2) is 23.4 Å². The molecule has 1 aliphatic rings. The number of fused-ring (bicyclic) bond motifs is 1. The second kappa shape index (κ2) is 4.36. The standard InChI is InChI=1S/C13H13F2N3O2/c1-13(14,15)7-4-8(9-6-11(16)18-17-9)12-10(5-7)19-2-3-20-12/h4-6H,2-3H2,1H3,(H3,16,17,18). The van der Waals surface area contributed by atoms with E-state index in [-0.39, 0.29) is 11.4 Å². The number of aromatic nitrogens is 2. The molecule has 1 aliphatic heterocycles. The Kier molecular flexibility index (Phi) is 2.77. The van der Waals surface area contributed by atoms with Gasteiger partial charge in [0.2, 0.25) is 0 Å². The summed E-state index contributed by atoms with van der Waals surface area (Å²) in [4.78, 5) is 0. The van der Waals surface area contributed by atoms with E-state index >= 15 is 0 Å². The van der Waals surface area contributed by atoms with E-state index in [0.717, 1.165) is 6.92 Å². The van der Waals surface area contributed by atoms with Crippen LogP contribution in [0.4, 0.5) is 14.6 Å². The maximum absolute atomic E-state index is 13.6. The minimum absolute atomic E-state index is 0.148. The molecule has 106 valence electrons. The molecule has 0 spiro atoms. The number of alkyl halides is 2. The van der Waals surface area contributed by atoms with Gasteiger partial charge in [0, 0.05) is 24.1 Å². The molecule has 0 saturated heterocycles. The minimum Gasteiger partial charge on any atom is -0.486 e. The Labute approximate surface area is 113 Å². The molecule has 0 fully saturated rings. The second-order valence-electron chi connectivity index (χ2n) is 4.64. The molecule has 20 heavy (non-hydrogen) atoms. The molecule has 3 N–H and O–H groups in total. The topological polar surface area (TPSA) is 73.2 Å². The Balaban J connectivity index is 2.20. The SMILES string of the molecule is CC(F)(F)c1cc2c(c(-c3cc(N)n[nH]3)c1)OCCO2. The van der Waals surface area contributed by atoms with Crippen molar-refractivity contribution in [2.45, 2.75) is 12.8 Å². The van der Waals surface area contributed by atoms with Gasteiger partial charge in [-0.25, -0.2) is 8.78 Å². The fraction of sp³-hybridized carbons (Fsp3) is 0.308. The molecule has 0 unspecified atom stereocenters. The van der Waals surface area contributed by atoms with E-state index in [2.05, 4.69) is 10.2 Å². The van der Waals surface area contributed by atoms with Gasteiger partial charge in [-0.2, -0.15) is 5.10 Å². The van der Waals surface area contributed by atoms with Crippen molar-refractivity contribution in [3.05, 3.63) is 23.8 Å². The molecule has 7 heteroatoms. The van der Waals surface area contributed by atoms with Crippen LogP contribution in [0.25, 0.3) is 11.3 Å². The smallest absolute Gasteiger partial charge is 0.270 e. The number of nitrogens with two attached hydrogens (primary N) is 1. The van der Waals surface area contributed by atoms with Crippen LogP contribution in [-0.2, 0) is 5.92 Å². The van der Waals surface area contributed by atoms with E-state index in [9.17, 15) is 8.78 Å². The van der Waals surface area contributed by atoms with Crippen molar-refractivity contribution in [1.29, 1.82) is 0 Å². The van der Waals surface area contributed by atoms with Gasteiger partial charge in [0.1, 0.15) is 19.0 Å². The maximum Gasteiger partial charge on any atom is 0.270 e. The number of nitrogen functional groups attached to an aromatic ring is 1. The number of anilines is 1. The third kappa shape index (κ3) is 2.15. The zero-order valence-electron chi connectivity index (χ0n) is 10.7. The number of hydrogen-bond acceptors (Lipinski definition) is 4. The highest BCUT2D eigenvalue weighted by Crippen LogP contribution is 2.43. The van der Waals surface area contributed by atoms with Crippen molar-refractivity contribution in [1.82, 2.24) is 10.2 Å². The van der Waals surface area contributed by atoms with Gasteiger partial charge in [-0.3, -0.25) is 5.10 Å². The fourth-order valence-electron chi connectivity index (χ4n) is 2.08. The first-order valence-electron chi connectivity index (χ1n) is 6.08. The molecular weight excluding hydrogens is 268 g/mol. The summed E-state index contributed by atoms with van der Waals surface area (Å²) < 4.78 is 38.1. The molecule has 0 radical (unpaired) electrons. The molecule has 2 aromatic rings. The van der Waals surface area contributed by atoms with Crippen molar-refractivity contribution >= 4 is 5.82 Å². The number of ether oxygens (including phenoxy) is 2. The second-order valence-corrected chi connectivity index (χ2v) is 4.64. The number of rotatable bonds is 2. The number of nitrogens with one attached hydrogen (secondary N) is 1. The first kappa shape index (κ1) is 12.7. The maximum atomic E-state index is 13.6.